The van der Waals surface area contributed by atoms with Crippen LogP contribution >= 0.6 is 47.8 Å². The molecule has 0 spiro atoms. The van der Waals surface area contributed by atoms with Crippen LogP contribution in [0.1, 0.15) is 18.1 Å². The molecule has 1 aromatic heterocycles. The minimum absolute atomic E-state index is 0.234. The number of carbonyl (C=O) groups is 1. The first-order valence-electron chi connectivity index (χ1n) is 6.60. The Balaban J connectivity index is 2.37. The molecule has 0 amide bonds. The number of hydrogen-bond donors (Lipinski definition) is 1. The van der Waals surface area contributed by atoms with E-state index in [2.05, 4.69) is 71.8 Å². The van der Waals surface area contributed by atoms with Gasteiger partial charge in [0, 0.05) is 36.7 Å². The number of aromatic nitrogens is 1. The lowest BCUT2D eigenvalue weighted by Gasteiger charge is -2.09. The molecule has 1 heterocycles. The van der Waals surface area contributed by atoms with E-state index in [4.69, 9.17) is 4.74 Å². The molecule has 0 radical (unpaired) electrons. The lowest BCUT2D eigenvalue weighted by atomic mass is 10.0. The van der Waals surface area contributed by atoms with Crippen molar-refractivity contribution >= 4 is 75.6 Å². The van der Waals surface area contributed by atoms with Crippen LogP contribution in [-0.4, -0.2) is 11.0 Å². The number of carbonyl (C=O) groups excluding carboxylic acids is 1. The Morgan fingerprint density at radius 2 is 1.86 bits per heavy atom. The molecule has 0 fully saturated rings. The fourth-order valence-corrected chi connectivity index (χ4v) is 4.62. The lowest BCUT2D eigenvalue weighted by Crippen LogP contribution is -2.00. The highest BCUT2D eigenvalue weighted by Crippen LogP contribution is 2.38. The lowest BCUT2D eigenvalue weighted by molar-refractivity contribution is -0.142. The molecule has 3 nitrogen and oxygen atoms in total. The summed E-state index contributed by atoms with van der Waals surface area (Å²) in [6.07, 6.45) is 0. The minimum Gasteiger partial charge on any atom is -0.461 e. The average molecular weight is 490 g/mol. The zero-order valence-corrected chi connectivity index (χ0v) is 16.6. The van der Waals surface area contributed by atoms with E-state index in [1.807, 2.05) is 6.07 Å². The number of hydrogen-bond acceptors (Lipinski definition) is 2. The molecule has 0 saturated heterocycles. The summed E-state index contributed by atoms with van der Waals surface area (Å²) in [5.41, 5.74) is 4.12. The molecular formula is C16H12Br3NO2. The number of nitrogens with one attached hydrogen (secondary N) is 1. The molecule has 0 atom stereocenters. The first-order valence-corrected chi connectivity index (χ1v) is 8.98. The van der Waals surface area contributed by atoms with E-state index in [9.17, 15) is 4.79 Å². The van der Waals surface area contributed by atoms with Gasteiger partial charge in [0.15, 0.2) is 0 Å². The van der Waals surface area contributed by atoms with E-state index in [-0.39, 0.29) is 12.6 Å². The van der Waals surface area contributed by atoms with Gasteiger partial charge in [-0.1, -0.05) is 31.9 Å². The first kappa shape index (κ1) is 16.0. The number of aromatic amines is 1. The molecule has 1 N–H and O–H groups in total. The smallest absolute Gasteiger partial charge is 0.302 e. The number of benzene rings is 2. The van der Waals surface area contributed by atoms with Crippen molar-refractivity contribution in [1.82, 2.24) is 4.98 Å². The van der Waals surface area contributed by atoms with E-state index in [1.165, 1.54) is 6.92 Å². The summed E-state index contributed by atoms with van der Waals surface area (Å²) in [6.45, 7) is 3.72. The predicted molar refractivity (Wildman–Crippen MR) is 99.1 cm³/mol. The number of halogens is 3. The van der Waals surface area contributed by atoms with Crippen molar-refractivity contribution in [3.05, 3.63) is 42.7 Å². The largest absolute Gasteiger partial charge is 0.461 e. The normalized spacial score (nSPS) is 11.3. The first-order chi connectivity index (χ1) is 10.4. The molecule has 0 aliphatic heterocycles. The summed E-state index contributed by atoms with van der Waals surface area (Å²) in [5, 5.41) is 2.27. The number of ether oxygens (including phenoxy) is 1. The van der Waals surface area contributed by atoms with Crippen LogP contribution in [0.15, 0.2) is 31.6 Å². The maximum atomic E-state index is 11.1. The van der Waals surface area contributed by atoms with E-state index in [1.54, 1.807) is 0 Å². The van der Waals surface area contributed by atoms with Gasteiger partial charge in [0.25, 0.3) is 0 Å². The molecule has 22 heavy (non-hydrogen) atoms. The third-order valence-corrected chi connectivity index (χ3v) is 5.36. The van der Waals surface area contributed by atoms with Crippen LogP contribution in [0.2, 0.25) is 0 Å². The Morgan fingerprint density at radius 1 is 1.14 bits per heavy atom. The Bertz CT molecular complexity index is 915. The van der Waals surface area contributed by atoms with Gasteiger partial charge in [-0.3, -0.25) is 4.79 Å². The van der Waals surface area contributed by atoms with Crippen molar-refractivity contribution < 1.29 is 9.53 Å². The standard InChI is InChI=1S/C16H12Br3NO2/c1-7-3-12(18)11(6-22-8(2)21)16-14(7)10-4-9(17)5-13(19)15(10)20-16/h3-5,20H,6H2,1-2H3. The number of esters is 1. The van der Waals surface area contributed by atoms with Crippen LogP contribution in [0.25, 0.3) is 21.8 Å². The van der Waals surface area contributed by atoms with Gasteiger partial charge < -0.3 is 9.72 Å². The molecule has 0 aliphatic carbocycles. The second-order valence-electron chi connectivity index (χ2n) is 5.12. The van der Waals surface area contributed by atoms with Gasteiger partial charge in [0.2, 0.25) is 0 Å². The molecule has 114 valence electrons. The maximum absolute atomic E-state index is 11.1. The third kappa shape index (κ3) is 2.72. The second-order valence-corrected chi connectivity index (χ2v) is 7.74. The van der Waals surface area contributed by atoms with Crippen molar-refractivity contribution in [3.63, 3.8) is 0 Å². The fraction of sp³-hybridized carbons (Fsp3) is 0.188. The number of rotatable bonds is 2. The Hall–Kier alpha value is -0.850. The molecule has 6 heteroatoms. The average Bonchev–Trinajstić information content (AvgIpc) is 2.77. The highest BCUT2D eigenvalue weighted by Gasteiger charge is 2.16. The van der Waals surface area contributed by atoms with Gasteiger partial charge in [-0.05, 0) is 46.6 Å². The van der Waals surface area contributed by atoms with Crippen LogP contribution in [0.5, 0.6) is 0 Å². The minimum atomic E-state index is -0.291. The van der Waals surface area contributed by atoms with Crippen LogP contribution in [0.4, 0.5) is 0 Å². The van der Waals surface area contributed by atoms with E-state index in [0.29, 0.717) is 0 Å². The molecular weight excluding hydrogens is 478 g/mol. The van der Waals surface area contributed by atoms with Gasteiger partial charge in [-0.25, -0.2) is 0 Å². The molecule has 3 rings (SSSR count). The summed E-state index contributed by atoms with van der Waals surface area (Å²) >= 11 is 10.7. The summed E-state index contributed by atoms with van der Waals surface area (Å²) in [4.78, 5) is 14.6. The van der Waals surface area contributed by atoms with Crippen LogP contribution in [-0.2, 0) is 16.1 Å². The van der Waals surface area contributed by atoms with Crippen molar-refractivity contribution in [1.29, 1.82) is 0 Å². The number of aryl methyl sites for hydroxylation is 1. The topological polar surface area (TPSA) is 42.1 Å². The van der Waals surface area contributed by atoms with Gasteiger partial charge in [-0.2, -0.15) is 0 Å². The molecule has 0 aliphatic rings. The molecule has 0 bridgehead atoms. The van der Waals surface area contributed by atoms with Crippen LogP contribution in [0, 0.1) is 6.92 Å². The highest BCUT2D eigenvalue weighted by atomic mass is 79.9. The SMILES string of the molecule is CC(=O)OCc1c(Br)cc(C)c2c1[nH]c1c(Br)cc(Br)cc12. The zero-order valence-electron chi connectivity index (χ0n) is 11.9. The van der Waals surface area contributed by atoms with E-state index in [0.717, 1.165) is 46.4 Å². The quantitative estimate of drug-likeness (QED) is 0.450. The monoisotopic (exact) mass is 487 g/mol. The van der Waals surface area contributed by atoms with Crippen molar-refractivity contribution in [2.75, 3.05) is 0 Å². The van der Waals surface area contributed by atoms with Crippen molar-refractivity contribution in [3.8, 4) is 0 Å². The molecule has 0 unspecified atom stereocenters. The van der Waals surface area contributed by atoms with Crippen LogP contribution in [0.3, 0.4) is 0 Å². The second kappa shape index (κ2) is 5.98. The van der Waals surface area contributed by atoms with Gasteiger partial charge in [0.05, 0.1) is 11.0 Å². The predicted octanol–water partition coefficient (Wildman–Crippen LogP) is 5.98. The third-order valence-electron chi connectivity index (χ3n) is 3.57. The fourth-order valence-electron chi connectivity index (χ4n) is 2.64. The summed E-state index contributed by atoms with van der Waals surface area (Å²) in [7, 11) is 0. The van der Waals surface area contributed by atoms with E-state index >= 15 is 0 Å². The highest BCUT2D eigenvalue weighted by molar-refractivity contribution is 9.11. The molecule has 3 aromatic rings. The van der Waals surface area contributed by atoms with Crippen LogP contribution < -0.4 is 0 Å². The molecule has 2 aromatic carbocycles. The summed E-state index contributed by atoms with van der Waals surface area (Å²) in [6, 6.07) is 6.16. The van der Waals surface area contributed by atoms with Gasteiger partial charge >= 0.3 is 5.97 Å². The van der Waals surface area contributed by atoms with Crippen molar-refractivity contribution in [2.45, 2.75) is 20.5 Å². The van der Waals surface area contributed by atoms with E-state index < -0.39 is 0 Å². The maximum Gasteiger partial charge on any atom is 0.302 e. The van der Waals surface area contributed by atoms with Gasteiger partial charge in [-0.15, -0.1) is 0 Å². The van der Waals surface area contributed by atoms with Gasteiger partial charge in [0.1, 0.15) is 6.61 Å². The Morgan fingerprint density at radius 3 is 2.55 bits per heavy atom. The Kier molecular flexibility index (Phi) is 4.36. The number of fused-ring (bicyclic) bond motifs is 3. The summed E-state index contributed by atoms with van der Waals surface area (Å²) in [5.74, 6) is -0.291. The number of H-pyrrole nitrogens is 1. The molecule has 0 saturated carbocycles. The van der Waals surface area contributed by atoms with Crippen molar-refractivity contribution in [2.24, 2.45) is 0 Å². The summed E-state index contributed by atoms with van der Waals surface area (Å²) < 4.78 is 8.13. The zero-order chi connectivity index (χ0) is 16.0. The Labute approximate surface area is 152 Å².